The lowest BCUT2D eigenvalue weighted by Crippen LogP contribution is -2.11. The maximum Gasteiger partial charge on any atom is 0.0959 e. The van der Waals surface area contributed by atoms with Gasteiger partial charge in [0, 0.05) is 13.7 Å². The monoisotopic (exact) mass is 264 g/mol. The molecule has 0 amide bonds. The summed E-state index contributed by atoms with van der Waals surface area (Å²) in [7, 11) is 1.66. The number of rotatable bonds is 9. The van der Waals surface area contributed by atoms with Gasteiger partial charge in [-0.05, 0) is 12.1 Å². The van der Waals surface area contributed by atoms with Crippen molar-refractivity contribution in [3.63, 3.8) is 0 Å². The fourth-order valence-corrected chi connectivity index (χ4v) is 1.82. The number of hydrogen-bond acceptors (Lipinski definition) is 4. The highest BCUT2D eigenvalue weighted by Gasteiger charge is 2.00. The van der Waals surface area contributed by atoms with Crippen molar-refractivity contribution in [1.82, 2.24) is 9.55 Å². The molecule has 0 fully saturated rings. The second-order valence-electron chi connectivity index (χ2n) is 4.14. The first-order chi connectivity index (χ1) is 9.42. The van der Waals surface area contributed by atoms with Gasteiger partial charge in [0.25, 0.3) is 0 Å². The van der Waals surface area contributed by atoms with Crippen LogP contribution >= 0.6 is 0 Å². The summed E-state index contributed by atoms with van der Waals surface area (Å²) in [6, 6.07) is 8.09. The van der Waals surface area contributed by atoms with Crippen molar-refractivity contribution in [1.29, 1.82) is 0 Å². The Labute approximate surface area is 113 Å². The van der Waals surface area contributed by atoms with E-state index < -0.39 is 0 Å². The second kappa shape index (κ2) is 7.89. The molecule has 5 heteroatoms. The average Bonchev–Trinajstić information content (AvgIpc) is 2.85. The van der Waals surface area contributed by atoms with Gasteiger partial charge in [-0.2, -0.15) is 0 Å². The predicted molar refractivity (Wildman–Crippen MR) is 73.2 cm³/mol. The topological polar surface area (TPSA) is 45.5 Å². The number of para-hydroxylation sites is 2. The van der Waals surface area contributed by atoms with E-state index in [1.54, 1.807) is 7.11 Å². The summed E-state index contributed by atoms with van der Waals surface area (Å²) >= 11 is 0. The summed E-state index contributed by atoms with van der Waals surface area (Å²) in [5, 5.41) is 0. The minimum absolute atomic E-state index is 0.605. The second-order valence-corrected chi connectivity index (χ2v) is 4.14. The maximum atomic E-state index is 5.52. The van der Waals surface area contributed by atoms with E-state index in [9.17, 15) is 0 Å². The molecule has 2 rings (SSSR count). The Morgan fingerprint density at radius 1 is 1.00 bits per heavy atom. The summed E-state index contributed by atoms with van der Waals surface area (Å²) < 4.78 is 17.8. The lowest BCUT2D eigenvalue weighted by molar-refractivity contribution is 0.0232. The molecule has 0 saturated carbocycles. The van der Waals surface area contributed by atoms with E-state index in [1.165, 1.54) is 0 Å². The minimum atomic E-state index is 0.605. The van der Waals surface area contributed by atoms with E-state index in [0.29, 0.717) is 33.0 Å². The van der Waals surface area contributed by atoms with Gasteiger partial charge in [-0.1, -0.05) is 12.1 Å². The summed E-state index contributed by atoms with van der Waals surface area (Å²) in [6.07, 6.45) is 1.85. The zero-order valence-electron chi connectivity index (χ0n) is 11.2. The van der Waals surface area contributed by atoms with Gasteiger partial charge in [-0.25, -0.2) is 4.98 Å². The Morgan fingerprint density at radius 2 is 1.74 bits per heavy atom. The highest BCUT2D eigenvalue weighted by molar-refractivity contribution is 5.74. The number of benzene rings is 1. The average molecular weight is 264 g/mol. The van der Waals surface area contributed by atoms with Crippen LogP contribution in [0.4, 0.5) is 0 Å². The molecule has 0 radical (unpaired) electrons. The minimum Gasteiger partial charge on any atom is -0.382 e. The van der Waals surface area contributed by atoms with E-state index >= 15 is 0 Å². The Bertz CT molecular complexity index is 484. The number of methoxy groups -OCH3 is 1. The van der Waals surface area contributed by atoms with Gasteiger partial charge in [0.2, 0.25) is 0 Å². The third-order valence-electron chi connectivity index (χ3n) is 2.81. The van der Waals surface area contributed by atoms with Crippen LogP contribution in [0.15, 0.2) is 30.6 Å². The van der Waals surface area contributed by atoms with Gasteiger partial charge in [0.05, 0.1) is 50.4 Å². The molecule has 1 heterocycles. The molecule has 0 bridgehead atoms. The third kappa shape index (κ3) is 4.31. The van der Waals surface area contributed by atoms with Gasteiger partial charge in [0.1, 0.15) is 0 Å². The Hall–Kier alpha value is -1.43. The van der Waals surface area contributed by atoms with E-state index in [4.69, 9.17) is 14.2 Å². The summed E-state index contributed by atoms with van der Waals surface area (Å²) in [5.41, 5.74) is 2.16. The van der Waals surface area contributed by atoms with E-state index in [2.05, 4.69) is 15.6 Å². The molecule has 5 nitrogen and oxygen atoms in total. The highest BCUT2D eigenvalue weighted by Crippen LogP contribution is 2.11. The van der Waals surface area contributed by atoms with Crippen molar-refractivity contribution in [3.05, 3.63) is 30.6 Å². The molecule has 0 aliphatic rings. The van der Waals surface area contributed by atoms with Crippen LogP contribution in [-0.2, 0) is 20.8 Å². The largest absolute Gasteiger partial charge is 0.382 e. The van der Waals surface area contributed by atoms with Gasteiger partial charge in [0.15, 0.2) is 0 Å². The van der Waals surface area contributed by atoms with Crippen LogP contribution in [0.1, 0.15) is 0 Å². The molecule has 0 spiro atoms. The molecule has 1 aromatic carbocycles. The van der Waals surface area contributed by atoms with Gasteiger partial charge >= 0.3 is 0 Å². The summed E-state index contributed by atoms with van der Waals surface area (Å²) in [5.74, 6) is 0. The highest BCUT2D eigenvalue weighted by atomic mass is 16.5. The fourth-order valence-electron chi connectivity index (χ4n) is 1.82. The Kier molecular flexibility index (Phi) is 5.81. The molecular formula is C14H20N2O3. The quantitative estimate of drug-likeness (QED) is 0.647. The van der Waals surface area contributed by atoms with Crippen LogP contribution < -0.4 is 0 Å². The standard InChI is InChI=1S/C14H20N2O3/c1-17-8-9-19-11-10-18-7-6-16-12-15-13-4-2-3-5-14(13)16/h2-5,12H,6-11H2,1H3. The molecule has 0 aliphatic carbocycles. The molecule has 19 heavy (non-hydrogen) atoms. The molecular weight excluding hydrogens is 244 g/mol. The van der Waals surface area contributed by atoms with Gasteiger partial charge in [-0.3, -0.25) is 0 Å². The molecule has 0 unspecified atom stereocenters. The van der Waals surface area contributed by atoms with Crippen LogP contribution in [0.5, 0.6) is 0 Å². The third-order valence-corrected chi connectivity index (χ3v) is 2.81. The molecule has 0 N–H and O–H groups in total. The fraction of sp³-hybridized carbons (Fsp3) is 0.500. The SMILES string of the molecule is COCCOCCOCCn1cnc2ccccc21. The zero-order valence-corrected chi connectivity index (χ0v) is 11.2. The van der Waals surface area contributed by atoms with Gasteiger partial charge < -0.3 is 18.8 Å². The summed E-state index contributed by atoms with van der Waals surface area (Å²) in [6.45, 7) is 3.92. The first-order valence-electron chi connectivity index (χ1n) is 6.46. The summed E-state index contributed by atoms with van der Waals surface area (Å²) in [4.78, 5) is 4.34. The first-order valence-corrected chi connectivity index (χ1v) is 6.46. The van der Waals surface area contributed by atoms with Crippen molar-refractivity contribution >= 4 is 11.0 Å². The van der Waals surface area contributed by atoms with Crippen molar-refractivity contribution in [2.45, 2.75) is 6.54 Å². The predicted octanol–water partition coefficient (Wildman–Crippen LogP) is 1.72. The lowest BCUT2D eigenvalue weighted by atomic mass is 10.3. The Balaban J connectivity index is 1.63. The normalized spacial score (nSPS) is 11.2. The number of ether oxygens (including phenoxy) is 3. The molecule has 2 aromatic rings. The smallest absolute Gasteiger partial charge is 0.0959 e. The molecule has 0 saturated heterocycles. The van der Waals surface area contributed by atoms with Crippen LogP contribution in [0, 0.1) is 0 Å². The van der Waals surface area contributed by atoms with Crippen LogP contribution in [-0.4, -0.2) is 49.7 Å². The lowest BCUT2D eigenvalue weighted by Gasteiger charge is -2.06. The molecule has 1 aromatic heterocycles. The molecule has 0 atom stereocenters. The van der Waals surface area contributed by atoms with Crippen molar-refractivity contribution in [2.24, 2.45) is 0 Å². The number of fused-ring (bicyclic) bond motifs is 1. The van der Waals surface area contributed by atoms with E-state index in [-0.39, 0.29) is 0 Å². The molecule has 0 aliphatic heterocycles. The number of hydrogen-bond donors (Lipinski definition) is 0. The van der Waals surface area contributed by atoms with Crippen molar-refractivity contribution in [3.8, 4) is 0 Å². The van der Waals surface area contributed by atoms with Gasteiger partial charge in [-0.15, -0.1) is 0 Å². The number of nitrogens with zero attached hydrogens (tertiary/aromatic N) is 2. The number of aromatic nitrogens is 2. The van der Waals surface area contributed by atoms with Crippen molar-refractivity contribution in [2.75, 3.05) is 40.1 Å². The first kappa shape index (κ1) is 14.0. The Morgan fingerprint density at radius 3 is 2.58 bits per heavy atom. The zero-order chi connectivity index (χ0) is 13.3. The molecule has 104 valence electrons. The van der Waals surface area contributed by atoms with E-state index in [0.717, 1.165) is 17.6 Å². The van der Waals surface area contributed by atoms with Crippen LogP contribution in [0.3, 0.4) is 0 Å². The van der Waals surface area contributed by atoms with Crippen LogP contribution in [0.2, 0.25) is 0 Å². The number of imidazole rings is 1. The van der Waals surface area contributed by atoms with Crippen molar-refractivity contribution < 1.29 is 14.2 Å². The maximum absolute atomic E-state index is 5.52. The van der Waals surface area contributed by atoms with Crippen LogP contribution in [0.25, 0.3) is 11.0 Å². The van der Waals surface area contributed by atoms with E-state index in [1.807, 2.05) is 24.5 Å².